The van der Waals surface area contributed by atoms with E-state index in [9.17, 15) is 9.59 Å². The van der Waals surface area contributed by atoms with Crippen LogP contribution in [0, 0.1) is 0 Å². The van der Waals surface area contributed by atoms with Crippen LogP contribution < -0.4 is 5.32 Å². The standard InChI is InChI=1S/C29H44N2O5/c1-7-8-15-30-25(32)35-24-12-11-20-16-21(9-10-22(20)17-24)23-13-14-29(18-23)19-34-28(5,6)31(29)26(33)36-27(2,3)4/h9-10,16,23-24H,7-8,11-15,17-19H2,1-6H3,(H,30,32). The molecule has 200 valence electrons. The van der Waals surface area contributed by atoms with Crippen molar-refractivity contribution < 1.29 is 23.8 Å². The molecule has 1 spiro atoms. The van der Waals surface area contributed by atoms with E-state index in [-0.39, 0.29) is 23.8 Å². The number of carbonyl (C=O) groups is 2. The molecule has 1 saturated heterocycles. The molecule has 2 amide bonds. The molecule has 0 aromatic heterocycles. The minimum absolute atomic E-state index is 0.0695. The third kappa shape index (κ3) is 5.82. The van der Waals surface area contributed by atoms with Crippen LogP contribution in [0.3, 0.4) is 0 Å². The molecule has 3 unspecified atom stereocenters. The maximum atomic E-state index is 13.2. The van der Waals surface area contributed by atoms with Gasteiger partial charge in [-0.05, 0) is 95.8 Å². The van der Waals surface area contributed by atoms with Crippen molar-refractivity contribution >= 4 is 12.2 Å². The minimum Gasteiger partial charge on any atom is -0.446 e. The Morgan fingerprint density at radius 2 is 1.97 bits per heavy atom. The maximum absolute atomic E-state index is 13.2. The Balaban J connectivity index is 1.42. The average molecular weight is 501 g/mol. The largest absolute Gasteiger partial charge is 0.446 e. The van der Waals surface area contributed by atoms with Gasteiger partial charge in [-0.2, -0.15) is 0 Å². The molecule has 1 aromatic rings. The Hall–Kier alpha value is -2.28. The fourth-order valence-corrected chi connectivity index (χ4v) is 6.11. The summed E-state index contributed by atoms with van der Waals surface area (Å²) in [4.78, 5) is 27.2. The third-order valence-electron chi connectivity index (χ3n) is 7.83. The van der Waals surface area contributed by atoms with Crippen LogP contribution in [-0.2, 0) is 27.1 Å². The fourth-order valence-electron chi connectivity index (χ4n) is 6.11. The van der Waals surface area contributed by atoms with Crippen molar-refractivity contribution in [1.82, 2.24) is 10.2 Å². The molecule has 1 aliphatic heterocycles. The summed E-state index contributed by atoms with van der Waals surface area (Å²) in [5.74, 6) is 0.371. The smallest absolute Gasteiger partial charge is 0.413 e. The molecule has 2 fully saturated rings. The van der Waals surface area contributed by atoms with E-state index in [2.05, 4.69) is 30.4 Å². The third-order valence-corrected chi connectivity index (χ3v) is 7.83. The van der Waals surface area contributed by atoms with Crippen LogP contribution in [0.25, 0.3) is 0 Å². The molecule has 7 heteroatoms. The van der Waals surface area contributed by atoms with Crippen molar-refractivity contribution in [3.05, 3.63) is 34.9 Å². The van der Waals surface area contributed by atoms with E-state index in [4.69, 9.17) is 14.2 Å². The maximum Gasteiger partial charge on any atom is 0.413 e. The lowest BCUT2D eigenvalue weighted by Crippen LogP contribution is -2.55. The summed E-state index contributed by atoms with van der Waals surface area (Å²) in [6.07, 6.45) is 6.66. The van der Waals surface area contributed by atoms with E-state index in [1.807, 2.05) is 39.5 Å². The number of ether oxygens (including phenoxy) is 3. The van der Waals surface area contributed by atoms with Gasteiger partial charge in [-0.1, -0.05) is 31.5 Å². The van der Waals surface area contributed by atoms with Gasteiger partial charge in [0.2, 0.25) is 0 Å². The van der Waals surface area contributed by atoms with Crippen LogP contribution in [0.5, 0.6) is 0 Å². The Morgan fingerprint density at radius 1 is 1.19 bits per heavy atom. The fraction of sp³-hybridized carbons (Fsp3) is 0.724. The monoisotopic (exact) mass is 500 g/mol. The number of amides is 2. The number of unbranched alkanes of at least 4 members (excludes halogenated alkanes) is 1. The SMILES string of the molecule is CCCCNC(=O)OC1CCc2cc(C3CCC4(COC(C)(C)N4C(=O)OC(C)(C)C)C3)ccc2C1. The van der Waals surface area contributed by atoms with Gasteiger partial charge in [0.1, 0.15) is 17.4 Å². The van der Waals surface area contributed by atoms with Crippen molar-refractivity contribution in [3.8, 4) is 0 Å². The Labute approximate surface area is 216 Å². The van der Waals surface area contributed by atoms with Gasteiger partial charge in [0, 0.05) is 13.0 Å². The molecule has 0 bridgehead atoms. The number of hydrogen-bond acceptors (Lipinski definition) is 5. The summed E-state index contributed by atoms with van der Waals surface area (Å²) < 4.78 is 17.6. The molecule has 1 saturated carbocycles. The molecule has 4 rings (SSSR count). The first-order valence-electron chi connectivity index (χ1n) is 13.7. The molecule has 3 atom stereocenters. The number of benzene rings is 1. The van der Waals surface area contributed by atoms with Crippen LogP contribution in [0.4, 0.5) is 9.59 Å². The Morgan fingerprint density at radius 3 is 2.69 bits per heavy atom. The van der Waals surface area contributed by atoms with Crippen LogP contribution in [-0.4, -0.2) is 53.2 Å². The van der Waals surface area contributed by atoms with E-state index < -0.39 is 11.3 Å². The number of alkyl carbamates (subject to hydrolysis) is 1. The van der Waals surface area contributed by atoms with Crippen molar-refractivity contribution in [2.75, 3.05) is 13.2 Å². The van der Waals surface area contributed by atoms with E-state index in [0.717, 1.165) is 51.4 Å². The Bertz CT molecular complexity index is 969. The lowest BCUT2D eigenvalue weighted by atomic mass is 9.85. The van der Waals surface area contributed by atoms with Crippen LogP contribution in [0.1, 0.15) is 103 Å². The lowest BCUT2D eigenvalue weighted by Gasteiger charge is -2.40. The first-order chi connectivity index (χ1) is 16.9. The number of fused-ring (bicyclic) bond motifs is 1. The summed E-state index contributed by atoms with van der Waals surface area (Å²) in [7, 11) is 0. The van der Waals surface area contributed by atoms with Crippen molar-refractivity contribution in [1.29, 1.82) is 0 Å². The van der Waals surface area contributed by atoms with Gasteiger partial charge in [-0.3, -0.25) is 4.90 Å². The lowest BCUT2D eigenvalue weighted by molar-refractivity contribution is -0.0688. The zero-order valence-corrected chi connectivity index (χ0v) is 22.9. The second-order valence-electron chi connectivity index (χ2n) is 12.3. The Kier molecular flexibility index (Phi) is 7.61. The van der Waals surface area contributed by atoms with E-state index in [0.29, 0.717) is 19.1 Å². The number of aryl methyl sites for hydroxylation is 1. The quantitative estimate of drug-likeness (QED) is 0.496. The first kappa shape index (κ1) is 26.8. The molecule has 3 aliphatic rings. The van der Waals surface area contributed by atoms with Crippen molar-refractivity contribution in [3.63, 3.8) is 0 Å². The van der Waals surface area contributed by atoms with Gasteiger partial charge in [-0.25, -0.2) is 9.59 Å². The average Bonchev–Trinajstić information content (AvgIpc) is 3.32. The van der Waals surface area contributed by atoms with Crippen molar-refractivity contribution in [2.45, 2.75) is 122 Å². The predicted octanol–water partition coefficient (Wildman–Crippen LogP) is 6.08. The van der Waals surface area contributed by atoms with Crippen LogP contribution >= 0.6 is 0 Å². The normalized spacial score (nSPS) is 27.1. The van der Waals surface area contributed by atoms with Gasteiger partial charge >= 0.3 is 12.2 Å². The van der Waals surface area contributed by atoms with Crippen LogP contribution in [0.15, 0.2) is 18.2 Å². The van der Waals surface area contributed by atoms with Gasteiger partial charge < -0.3 is 19.5 Å². The second kappa shape index (κ2) is 10.2. The second-order valence-corrected chi connectivity index (χ2v) is 12.3. The summed E-state index contributed by atoms with van der Waals surface area (Å²) >= 11 is 0. The molecule has 7 nitrogen and oxygen atoms in total. The first-order valence-corrected chi connectivity index (χ1v) is 13.7. The predicted molar refractivity (Wildman–Crippen MR) is 139 cm³/mol. The number of hydrogen-bond donors (Lipinski definition) is 1. The molecule has 1 heterocycles. The number of carbonyl (C=O) groups excluding carboxylic acids is 2. The topological polar surface area (TPSA) is 77.1 Å². The molecule has 1 N–H and O–H groups in total. The highest BCUT2D eigenvalue weighted by atomic mass is 16.6. The molecule has 1 aromatic carbocycles. The summed E-state index contributed by atoms with van der Waals surface area (Å²) in [5, 5.41) is 2.85. The van der Waals surface area contributed by atoms with E-state index >= 15 is 0 Å². The molecular weight excluding hydrogens is 456 g/mol. The molecule has 2 aliphatic carbocycles. The van der Waals surface area contributed by atoms with Gasteiger partial charge in [0.05, 0.1) is 12.1 Å². The van der Waals surface area contributed by atoms with E-state index in [1.165, 1.54) is 16.7 Å². The zero-order chi connectivity index (χ0) is 26.1. The summed E-state index contributed by atoms with van der Waals surface area (Å²) in [5.41, 5.74) is 2.37. The highest BCUT2D eigenvalue weighted by Crippen LogP contribution is 2.51. The molecule has 0 radical (unpaired) electrons. The summed E-state index contributed by atoms with van der Waals surface area (Å²) in [6, 6.07) is 6.78. The number of rotatable bonds is 5. The molecule has 36 heavy (non-hydrogen) atoms. The zero-order valence-electron chi connectivity index (χ0n) is 22.9. The number of nitrogens with one attached hydrogen (secondary N) is 1. The van der Waals surface area contributed by atoms with Gasteiger partial charge in [-0.15, -0.1) is 0 Å². The van der Waals surface area contributed by atoms with Crippen LogP contribution in [0.2, 0.25) is 0 Å². The highest BCUT2D eigenvalue weighted by Gasteiger charge is 2.58. The van der Waals surface area contributed by atoms with E-state index in [1.54, 1.807) is 0 Å². The van der Waals surface area contributed by atoms with Gasteiger partial charge in [0.15, 0.2) is 0 Å². The van der Waals surface area contributed by atoms with Crippen molar-refractivity contribution in [2.24, 2.45) is 0 Å². The molecular formula is C29H44N2O5. The summed E-state index contributed by atoms with van der Waals surface area (Å²) in [6.45, 7) is 12.9. The van der Waals surface area contributed by atoms with Gasteiger partial charge in [0.25, 0.3) is 0 Å². The number of nitrogens with zero attached hydrogens (tertiary/aromatic N) is 1. The minimum atomic E-state index is -0.690. The highest BCUT2D eigenvalue weighted by molar-refractivity contribution is 5.71.